The Labute approximate surface area is 113 Å². The molecule has 0 radical (unpaired) electrons. The monoisotopic (exact) mass is 262 g/mol. The van der Waals surface area contributed by atoms with E-state index in [2.05, 4.69) is 6.58 Å². The standard InChI is InChI=1S/C16H19FO2/c1-10(2)15(18)19-16(3,4)12-8-11-6-5-7-14(17)13(11)9-12/h5-7,12H,1,8-9H2,2-4H3. The number of hydrogen-bond donors (Lipinski definition) is 0. The molecule has 102 valence electrons. The molecule has 0 aromatic heterocycles. The average molecular weight is 262 g/mol. The van der Waals surface area contributed by atoms with Crippen molar-refractivity contribution in [3.8, 4) is 0 Å². The number of rotatable bonds is 3. The van der Waals surface area contributed by atoms with Crippen LogP contribution >= 0.6 is 0 Å². The van der Waals surface area contributed by atoms with E-state index in [-0.39, 0.29) is 17.7 Å². The quantitative estimate of drug-likeness (QED) is 0.616. The highest BCUT2D eigenvalue weighted by atomic mass is 19.1. The van der Waals surface area contributed by atoms with E-state index in [0.29, 0.717) is 12.0 Å². The molecule has 0 bridgehead atoms. The third-order valence-corrected chi connectivity index (χ3v) is 3.82. The summed E-state index contributed by atoms with van der Waals surface area (Å²) in [6.45, 7) is 8.97. The summed E-state index contributed by atoms with van der Waals surface area (Å²) < 4.78 is 19.2. The Kier molecular flexibility index (Phi) is 3.48. The van der Waals surface area contributed by atoms with Crippen molar-refractivity contribution in [3.05, 3.63) is 47.3 Å². The van der Waals surface area contributed by atoms with E-state index in [9.17, 15) is 9.18 Å². The minimum Gasteiger partial charge on any atom is -0.456 e. The van der Waals surface area contributed by atoms with Crippen LogP contribution in [0.25, 0.3) is 0 Å². The van der Waals surface area contributed by atoms with Crippen molar-refractivity contribution in [3.63, 3.8) is 0 Å². The van der Waals surface area contributed by atoms with Crippen LogP contribution in [0, 0.1) is 11.7 Å². The summed E-state index contributed by atoms with van der Waals surface area (Å²) in [7, 11) is 0. The second-order valence-corrected chi connectivity index (χ2v) is 5.76. The van der Waals surface area contributed by atoms with Crippen LogP contribution in [-0.4, -0.2) is 11.6 Å². The van der Waals surface area contributed by atoms with Gasteiger partial charge in [-0.15, -0.1) is 0 Å². The molecule has 0 heterocycles. The average Bonchev–Trinajstić information content (AvgIpc) is 2.74. The first-order valence-electron chi connectivity index (χ1n) is 6.46. The molecule has 2 rings (SSSR count). The van der Waals surface area contributed by atoms with Gasteiger partial charge < -0.3 is 4.74 Å². The third kappa shape index (κ3) is 2.70. The van der Waals surface area contributed by atoms with Crippen molar-refractivity contribution in [2.45, 2.75) is 39.2 Å². The van der Waals surface area contributed by atoms with Gasteiger partial charge in [0.05, 0.1) is 0 Å². The predicted octanol–water partition coefficient (Wildman–Crippen LogP) is 3.44. The lowest BCUT2D eigenvalue weighted by molar-refractivity contribution is -0.156. The van der Waals surface area contributed by atoms with E-state index in [1.807, 2.05) is 19.9 Å². The van der Waals surface area contributed by atoms with Gasteiger partial charge in [-0.05, 0) is 50.8 Å². The highest BCUT2D eigenvalue weighted by molar-refractivity contribution is 5.87. The molecule has 0 saturated carbocycles. The Morgan fingerprint density at radius 3 is 2.68 bits per heavy atom. The van der Waals surface area contributed by atoms with Crippen LogP contribution in [0.5, 0.6) is 0 Å². The molecule has 1 unspecified atom stereocenters. The zero-order chi connectivity index (χ0) is 14.2. The van der Waals surface area contributed by atoms with Gasteiger partial charge >= 0.3 is 5.97 Å². The van der Waals surface area contributed by atoms with Crippen LogP contribution < -0.4 is 0 Å². The van der Waals surface area contributed by atoms with Crippen molar-refractivity contribution in [1.29, 1.82) is 0 Å². The number of esters is 1. The lowest BCUT2D eigenvalue weighted by Gasteiger charge is -2.31. The summed E-state index contributed by atoms with van der Waals surface area (Å²) in [5.74, 6) is -0.453. The Hall–Kier alpha value is -1.64. The summed E-state index contributed by atoms with van der Waals surface area (Å²) in [6, 6.07) is 5.15. The van der Waals surface area contributed by atoms with Crippen LogP contribution in [0.15, 0.2) is 30.4 Å². The zero-order valence-electron chi connectivity index (χ0n) is 11.6. The Bertz CT molecular complexity index is 532. The first kappa shape index (κ1) is 13.8. The zero-order valence-corrected chi connectivity index (χ0v) is 11.6. The SMILES string of the molecule is C=C(C)C(=O)OC(C)(C)C1Cc2cccc(F)c2C1. The summed E-state index contributed by atoms with van der Waals surface area (Å²) in [5, 5.41) is 0. The molecule has 1 atom stereocenters. The highest BCUT2D eigenvalue weighted by Crippen LogP contribution is 2.37. The first-order valence-corrected chi connectivity index (χ1v) is 6.46. The van der Waals surface area contributed by atoms with Gasteiger partial charge in [-0.2, -0.15) is 0 Å². The maximum atomic E-state index is 13.7. The third-order valence-electron chi connectivity index (χ3n) is 3.82. The van der Waals surface area contributed by atoms with E-state index in [1.165, 1.54) is 6.07 Å². The maximum absolute atomic E-state index is 13.7. The minimum absolute atomic E-state index is 0.0997. The van der Waals surface area contributed by atoms with Crippen LogP contribution in [0.3, 0.4) is 0 Å². The largest absolute Gasteiger partial charge is 0.456 e. The van der Waals surface area contributed by atoms with Crippen molar-refractivity contribution >= 4 is 5.97 Å². The Balaban J connectivity index is 2.15. The number of carbonyl (C=O) groups is 1. The molecule has 2 nitrogen and oxygen atoms in total. The predicted molar refractivity (Wildman–Crippen MR) is 72.3 cm³/mol. The number of hydrogen-bond acceptors (Lipinski definition) is 2. The highest BCUT2D eigenvalue weighted by Gasteiger charge is 2.38. The fourth-order valence-corrected chi connectivity index (χ4v) is 2.51. The molecule has 3 heteroatoms. The van der Waals surface area contributed by atoms with E-state index in [1.54, 1.807) is 13.0 Å². The van der Waals surface area contributed by atoms with Gasteiger partial charge in [0, 0.05) is 11.5 Å². The minimum atomic E-state index is -0.624. The van der Waals surface area contributed by atoms with E-state index < -0.39 is 5.60 Å². The van der Waals surface area contributed by atoms with Crippen LogP contribution in [0.4, 0.5) is 4.39 Å². The molecule has 1 aromatic carbocycles. The van der Waals surface area contributed by atoms with Crippen molar-refractivity contribution < 1.29 is 13.9 Å². The summed E-state index contributed by atoms with van der Waals surface area (Å²) in [5.41, 5.74) is 1.53. The maximum Gasteiger partial charge on any atom is 0.333 e. The van der Waals surface area contributed by atoms with E-state index in [0.717, 1.165) is 17.5 Å². The van der Waals surface area contributed by atoms with Gasteiger partial charge in [0.15, 0.2) is 0 Å². The second-order valence-electron chi connectivity index (χ2n) is 5.76. The van der Waals surface area contributed by atoms with Gasteiger partial charge in [-0.3, -0.25) is 0 Å². The number of benzene rings is 1. The van der Waals surface area contributed by atoms with Gasteiger partial charge in [-0.1, -0.05) is 18.7 Å². The molecular weight excluding hydrogens is 243 g/mol. The molecular formula is C16H19FO2. The Morgan fingerprint density at radius 1 is 1.42 bits per heavy atom. The summed E-state index contributed by atoms with van der Waals surface area (Å²) in [4.78, 5) is 11.7. The molecule has 1 aliphatic rings. The number of ether oxygens (including phenoxy) is 1. The van der Waals surface area contributed by atoms with Gasteiger partial charge in [0.25, 0.3) is 0 Å². The molecule has 0 aliphatic heterocycles. The second kappa shape index (κ2) is 4.80. The topological polar surface area (TPSA) is 26.3 Å². The summed E-state index contributed by atoms with van der Waals surface area (Å²) >= 11 is 0. The first-order chi connectivity index (χ1) is 8.81. The molecule has 0 fully saturated rings. The Morgan fingerprint density at radius 2 is 2.11 bits per heavy atom. The smallest absolute Gasteiger partial charge is 0.333 e. The fourth-order valence-electron chi connectivity index (χ4n) is 2.51. The lowest BCUT2D eigenvalue weighted by atomic mass is 9.88. The molecule has 0 spiro atoms. The van der Waals surface area contributed by atoms with Crippen molar-refractivity contribution in [1.82, 2.24) is 0 Å². The van der Waals surface area contributed by atoms with Crippen molar-refractivity contribution in [2.24, 2.45) is 5.92 Å². The lowest BCUT2D eigenvalue weighted by Crippen LogP contribution is -2.37. The van der Waals surface area contributed by atoms with Gasteiger partial charge in [-0.25, -0.2) is 9.18 Å². The normalized spacial score (nSPS) is 18.0. The van der Waals surface area contributed by atoms with Crippen LogP contribution in [0.2, 0.25) is 0 Å². The van der Waals surface area contributed by atoms with Crippen molar-refractivity contribution in [2.75, 3.05) is 0 Å². The molecule has 19 heavy (non-hydrogen) atoms. The fraction of sp³-hybridized carbons (Fsp3) is 0.438. The summed E-state index contributed by atoms with van der Waals surface area (Å²) in [6.07, 6.45) is 1.35. The van der Waals surface area contributed by atoms with E-state index >= 15 is 0 Å². The number of halogens is 1. The molecule has 1 aromatic rings. The van der Waals surface area contributed by atoms with Gasteiger partial charge in [0.1, 0.15) is 11.4 Å². The van der Waals surface area contributed by atoms with E-state index in [4.69, 9.17) is 4.74 Å². The van der Waals surface area contributed by atoms with Gasteiger partial charge in [0.2, 0.25) is 0 Å². The van der Waals surface area contributed by atoms with Crippen LogP contribution in [0.1, 0.15) is 31.9 Å². The number of carbonyl (C=O) groups excluding carboxylic acids is 1. The number of fused-ring (bicyclic) bond motifs is 1. The molecule has 0 amide bonds. The van der Waals surface area contributed by atoms with Crippen LogP contribution in [-0.2, 0) is 22.4 Å². The molecule has 1 aliphatic carbocycles. The molecule has 0 saturated heterocycles. The molecule has 0 N–H and O–H groups in total.